The molecule has 1 aliphatic rings. The van der Waals surface area contributed by atoms with Gasteiger partial charge in [-0.1, -0.05) is 11.6 Å². The summed E-state index contributed by atoms with van der Waals surface area (Å²) in [6, 6.07) is 5.30. The van der Waals surface area contributed by atoms with Gasteiger partial charge in [0.05, 0.1) is 5.56 Å². The van der Waals surface area contributed by atoms with Crippen molar-refractivity contribution in [3.8, 4) is 0 Å². The zero-order valence-electron chi connectivity index (χ0n) is 9.33. The van der Waals surface area contributed by atoms with Gasteiger partial charge in [-0.05, 0) is 47.0 Å². The molecule has 0 aliphatic carbocycles. The van der Waals surface area contributed by atoms with E-state index in [1.807, 2.05) is 4.90 Å². The van der Waals surface area contributed by atoms with E-state index in [9.17, 15) is 4.79 Å². The molecule has 3 nitrogen and oxygen atoms in total. The first-order valence-corrected chi connectivity index (χ1v) is 6.75. The Morgan fingerprint density at radius 1 is 1.53 bits per heavy atom. The number of nitrogens with two attached hydrogens (primary N) is 1. The average molecular weight is 318 g/mol. The normalized spacial score (nSPS) is 20.4. The van der Waals surface area contributed by atoms with Gasteiger partial charge in [0.2, 0.25) is 0 Å². The van der Waals surface area contributed by atoms with Crippen LogP contribution in [0.4, 0.5) is 0 Å². The van der Waals surface area contributed by atoms with Crippen molar-refractivity contribution in [1.82, 2.24) is 4.90 Å². The second-order valence-corrected chi connectivity index (χ2v) is 5.57. The van der Waals surface area contributed by atoms with Gasteiger partial charge in [-0.25, -0.2) is 0 Å². The second kappa shape index (κ2) is 5.38. The first-order chi connectivity index (χ1) is 8.08. The van der Waals surface area contributed by atoms with Gasteiger partial charge < -0.3 is 10.6 Å². The van der Waals surface area contributed by atoms with Crippen molar-refractivity contribution in [2.24, 2.45) is 5.73 Å². The zero-order chi connectivity index (χ0) is 12.4. The van der Waals surface area contributed by atoms with Crippen LogP contribution in [0, 0.1) is 0 Å². The molecule has 0 spiro atoms. The fourth-order valence-electron chi connectivity index (χ4n) is 2.03. The molecular formula is C12H14BrClN2O. The van der Waals surface area contributed by atoms with Gasteiger partial charge in [-0.2, -0.15) is 0 Å². The Morgan fingerprint density at radius 2 is 2.29 bits per heavy atom. The second-order valence-electron chi connectivity index (χ2n) is 4.28. The Hall–Kier alpha value is -0.580. The first kappa shape index (κ1) is 12.9. The summed E-state index contributed by atoms with van der Waals surface area (Å²) in [6.45, 7) is 1.41. The van der Waals surface area contributed by atoms with Crippen LogP contribution in [0.3, 0.4) is 0 Å². The summed E-state index contributed by atoms with van der Waals surface area (Å²) >= 11 is 9.22. The van der Waals surface area contributed by atoms with Crippen molar-refractivity contribution in [2.75, 3.05) is 13.1 Å². The molecule has 0 unspecified atom stereocenters. The molecule has 1 heterocycles. The van der Waals surface area contributed by atoms with Gasteiger partial charge in [0, 0.05) is 28.6 Å². The predicted octanol–water partition coefficient (Wildman–Crippen LogP) is 2.67. The maximum atomic E-state index is 12.3. The van der Waals surface area contributed by atoms with E-state index in [0.717, 1.165) is 23.9 Å². The van der Waals surface area contributed by atoms with Crippen molar-refractivity contribution in [3.05, 3.63) is 33.3 Å². The molecule has 1 fully saturated rings. The number of hydrogen-bond donors (Lipinski definition) is 1. The van der Waals surface area contributed by atoms with Gasteiger partial charge >= 0.3 is 0 Å². The maximum Gasteiger partial charge on any atom is 0.255 e. The molecule has 1 amide bonds. The van der Waals surface area contributed by atoms with E-state index in [1.165, 1.54) is 0 Å². The van der Waals surface area contributed by atoms with Crippen LogP contribution in [0.5, 0.6) is 0 Å². The van der Waals surface area contributed by atoms with Crippen LogP contribution in [0.15, 0.2) is 22.7 Å². The minimum Gasteiger partial charge on any atom is -0.337 e. The molecule has 1 atom stereocenters. The summed E-state index contributed by atoms with van der Waals surface area (Å²) in [5.41, 5.74) is 6.52. The molecule has 1 saturated heterocycles. The lowest BCUT2D eigenvalue weighted by atomic mass is 10.1. The van der Waals surface area contributed by atoms with Crippen molar-refractivity contribution < 1.29 is 4.79 Å². The van der Waals surface area contributed by atoms with Crippen molar-refractivity contribution in [1.29, 1.82) is 0 Å². The van der Waals surface area contributed by atoms with Crippen LogP contribution in [0.25, 0.3) is 0 Å². The van der Waals surface area contributed by atoms with Crippen LogP contribution in [0.1, 0.15) is 23.2 Å². The van der Waals surface area contributed by atoms with Crippen molar-refractivity contribution in [3.63, 3.8) is 0 Å². The van der Waals surface area contributed by atoms with Crippen LogP contribution in [-0.2, 0) is 0 Å². The smallest absolute Gasteiger partial charge is 0.255 e. The van der Waals surface area contributed by atoms with Gasteiger partial charge in [0.25, 0.3) is 5.91 Å². The third-order valence-corrected chi connectivity index (χ3v) is 3.80. The molecule has 0 aromatic heterocycles. The maximum absolute atomic E-state index is 12.3. The summed E-state index contributed by atoms with van der Waals surface area (Å²) in [4.78, 5) is 14.1. The monoisotopic (exact) mass is 316 g/mol. The van der Waals surface area contributed by atoms with E-state index in [0.29, 0.717) is 17.1 Å². The molecule has 0 saturated carbocycles. The Balaban J connectivity index is 2.18. The Morgan fingerprint density at radius 3 is 2.94 bits per heavy atom. The van der Waals surface area contributed by atoms with E-state index in [4.69, 9.17) is 17.3 Å². The van der Waals surface area contributed by atoms with E-state index >= 15 is 0 Å². The number of benzene rings is 1. The van der Waals surface area contributed by atoms with Crippen LogP contribution < -0.4 is 5.73 Å². The summed E-state index contributed by atoms with van der Waals surface area (Å²) in [7, 11) is 0. The fourth-order valence-corrected chi connectivity index (χ4v) is 2.88. The SMILES string of the molecule is N[C@@H]1CCCN(C(=O)c2ccc(Cl)cc2Br)C1. The third kappa shape index (κ3) is 3.00. The zero-order valence-corrected chi connectivity index (χ0v) is 11.7. The fraction of sp³-hybridized carbons (Fsp3) is 0.417. The lowest BCUT2D eigenvalue weighted by Gasteiger charge is -2.31. The van der Waals surface area contributed by atoms with E-state index in [1.54, 1.807) is 18.2 Å². The molecule has 0 bridgehead atoms. The lowest BCUT2D eigenvalue weighted by Crippen LogP contribution is -2.45. The molecule has 17 heavy (non-hydrogen) atoms. The van der Waals surface area contributed by atoms with Gasteiger partial charge in [0.15, 0.2) is 0 Å². The summed E-state index contributed by atoms with van der Waals surface area (Å²) in [6.07, 6.45) is 1.96. The Labute approximate surface area is 114 Å². The number of nitrogens with zero attached hydrogens (tertiary/aromatic N) is 1. The van der Waals surface area contributed by atoms with E-state index < -0.39 is 0 Å². The van der Waals surface area contributed by atoms with E-state index in [-0.39, 0.29) is 11.9 Å². The Bertz CT molecular complexity index is 439. The number of hydrogen-bond acceptors (Lipinski definition) is 2. The highest BCUT2D eigenvalue weighted by Gasteiger charge is 2.23. The van der Waals surface area contributed by atoms with Gasteiger partial charge in [-0.15, -0.1) is 0 Å². The minimum absolute atomic E-state index is 0.0173. The van der Waals surface area contributed by atoms with Crippen molar-refractivity contribution >= 4 is 33.4 Å². The lowest BCUT2D eigenvalue weighted by molar-refractivity contribution is 0.0708. The van der Waals surface area contributed by atoms with Crippen LogP contribution >= 0.6 is 27.5 Å². The van der Waals surface area contributed by atoms with Crippen LogP contribution in [0.2, 0.25) is 5.02 Å². The minimum atomic E-state index is 0.0173. The number of carbonyl (C=O) groups excluding carboxylic acids is 1. The Kier molecular flexibility index (Phi) is 4.07. The molecule has 2 N–H and O–H groups in total. The quantitative estimate of drug-likeness (QED) is 0.865. The van der Waals surface area contributed by atoms with Gasteiger partial charge in [-0.3, -0.25) is 4.79 Å². The number of amides is 1. The number of rotatable bonds is 1. The molecule has 0 radical (unpaired) electrons. The highest BCUT2D eigenvalue weighted by Crippen LogP contribution is 2.23. The molecule has 2 rings (SSSR count). The predicted molar refractivity (Wildman–Crippen MR) is 72.3 cm³/mol. The topological polar surface area (TPSA) is 46.3 Å². The number of halogens is 2. The molecule has 92 valence electrons. The molecular weight excluding hydrogens is 304 g/mol. The van der Waals surface area contributed by atoms with Crippen LogP contribution in [-0.4, -0.2) is 29.9 Å². The number of piperidine rings is 1. The van der Waals surface area contributed by atoms with Crippen molar-refractivity contribution in [2.45, 2.75) is 18.9 Å². The first-order valence-electron chi connectivity index (χ1n) is 5.58. The summed E-state index contributed by atoms with van der Waals surface area (Å²) < 4.78 is 0.731. The highest BCUT2D eigenvalue weighted by molar-refractivity contribution is 9.10. The average Bonchev–Trinajstić information content (AvgIpc) is 2.28. The highest BCUT2D eigenvalue weighted by atomic mass is 79.9. The largest absolute Gasteiger partial charge is 0.337 e. The third-order valence-electron chi connectivity index (χ3n) is 2.91. The molecule has 5 heteroatoms. The number of likely N-dealkylation sites (tertiary alicyclic amines) is 1. The molecule has 1 aromatic carbocycles. The summed E-state index contributed by atoms with van der Waals surface area (Å²) in [5.74, 6) is 0.0173. The summed E-state index contributed by atoms with van der Waals surface area (Å²) in [5, 5.41) is 0.615. The molecule has 1 aromatic rings. The van der Waals surface area contributed by atoms with E-state index in [2.05, 4.69) is 15.9 Å². The number of carbonyl (C=O) groups is 1. The van der Waals surface area contributed by atoms with Gasteiger partial charge in [0.1, 0.15) is 0 Å². The standard InChI is InChI=1S/C12H14BrClN2O/c13-11-6-8(14)3-4-10(11)12(17)16-5-1-2-9(15)7-16/h3-4,6,9H,1-2,5,7,15H2/t9-/m1/s1. The molecule has 1 aliphatic heterocycles.